The van der Waals surface area contributed by atoms with Crippen LogP contribution in [0.4, 0.5) is 0 Å². The molecule has 4 rings (SSSR count). The Balaban J connectivity index is 1.91. The number of rotatable bonds is 1. The number of pyridine rings is 1. The van der Waals surface area contributed by atoms with Gasteiger partial charge in [-0.1, -0.05) is 0 Å². The van der Waals surface area contributed by atoms with Crippen LogP contribution in [0.3, 0.4) is 0 Å². The van der Waals surface area contributed by atoms with Crippen LogP contribution >= 0.6 is 0 Å². The lowest BCUT2D eigenvalue weighted by molar-refractivity contribution is 1.14. The van der Waals surface area contributed by atoms with Crippen LogP contribution in [0.2, 0.25) is 0 Å². The fourth-order valence-electron chi connectivity index (χ4n) is 1.86. The molecule has 7 nitrogen and oxygen atoms in total. The van der Waals surface area contributed by atoms with Gasteiger partial charge in [-0.25, -0.2) is 34.9 Å². The maximum Gasteiger partial charge on any atom is 0.198 e. The fraction of sp³-hybridized carbons (Fsp3) is 0. The van der Waals surface area contributed by atoms with E-state index in [1.165, 1.54) is 0 Å². The highest BCUT2D eigenvalue weighted by atomic mass is 15.0. The molecule has 0 atom stereocenters. The van der Waals surface area contributed by atoms with Gasteiger partial charge in [0.1, 0.15) is 16.9 Å². The molecule has 4 aromatic heterocycles. The standard InChI is InChI=1S/C13H7N7/c1-2-8-11(14-3-1)17-6-9(19-8)10-7-18-12-13(20-10)16-5-4-15-12/h1-7H. The van der Waals surface area contributed by atoms with Crippen molar-refractivity contribution in [3.05, 3.63) is 43.1 Å². The summed E-state index contributed by atoms with van der Waals surface area (Å²) in [5.74, 6) is 0. The normalized spacial score (nSPS) is 11.0. The summed E-state index contributed by atoms with van der Waals surface area (Å²) in [4.78, 5) is 29.7. The summed E-state index contributed by atoms with van der Waals surface area (Å²) in [5, 5.41) is 0. The third-order valence-corrected chi connectivity index (χ3v) is 2.77. The van der Waals surface area contributed by atoms with Gasteiger partial charge in [0.15, 0.2) is 16.9 Å². The summed E-state index contributed by atoms with van der Waals surface area (Å²) in [6.07, 6.45) is 8.09. The van der Waals surface area contributed by atoms with E-state index in [0.717, 1.165) is 0 Å². The van der Waals surface area contributed by atoms with E-state index in [4.69, 9.17) is 0 Å². The molecule has 94 valence electrons. The maximum atomic E-state index is 4.48. The zero-order valence-electron chi connectivity index (χ0n) is 10.2. The molecule has 4 aromatic rings. The lowest BCUT2D eigenvalue weighted by Gasteiger charge is -2.01. The molecule has 0 N–H and O–H groups in total. The number of hydrogen-bond acceptors (Lipinski definition) is 7. The molecule has 0 amide bonds. The number of hydrogen-bond donors (Lipinski definition) is 0. The molecule has 0 aliphatic carbocycles. The van der Waals surface area contributed by atoms with Gasteiger partial charge in [-0.15, -0.1) is 0 Å². The van der Waals surface area contributed by atoms with Crippen LogP contribution in [0.1, 0.15) is 0 Å². The zero-order valence-corrected chi connectivity index (χ0v) is 10.2. The SMILES string of the molecule is c1cnc2ncc(-c3cnc4nccnc4n3)nc2c1. The van der Waals surface area contributed by atoms with E-state index in [0.29, 0.717) is 33.8 Å². The van der Waals surface area contributed by atoms with Gasteiger partial charge in [0.25, 0.3) is 0 Å². The summed E-state index contributed by atoms with van der Waals surface area (Å²) in [7, 11) is 0. The van der Waals surface area contributed by atoms with Gasteiger partial charge < -0.3 is 0 Å². The van der Waals surface area contributed by atoms with Gasteiger partial charge >= 0.3 is 0 Å². The van der Waals surface area contributed by atoms with Gasteiger partial charge in [-0.05, 0) is 12.1 Å². The Kier molecular flexibility index (Phi) is 2.28. The Labute approximate surface area is 112 Å². The first kappa shape index (κ1) is 10.8. The van der Waals surface area contributed by atoms with Gasteiger partial charge in [-0.3, -0.25) is 0 Å². The minimum atomic E-state index is 0.484. The van der Waals surface area contributed by atoms with E-state index in [-0.39, 0.29) is 0 Å². The van der Waals surface area contributed by atoms with Crippen molar-refractivity contribution in [3.63, 3.8) is 0 Å². The highest BCUT2D eigenvalue weighted by molar-refractivity contribution is 5.73. The molecule has 0 radical (unpaired) electrons. The van der Waals surface area contributed by atoms with Gasteiger partial charge in [0.2, 0.25) is 0 Å². The molecule has 0 saturated heterocycles. The van der Waals surface area contributed by atoms with Crippen molar-refractivity contribution in [3.8, 4) is 11.4 Å². The van der Waals surface area contributed by atoms with Crippen molar-refractivity contribution >= 4 is 22.5 Å². The molecule has 7 heteroatoms. The van der Waals surface area contributed by atoms with Crippen LogP contribution in [0.25, 0.3) is 33.8 Å². The van der Waals surface area contributed by atoms with Crippen molar-refractivity contribution in [1.29, 1.82) is 0 Å². The molecule has 20 heavy (non-hydrogen) atoms. The van der Waals surface area contributed by atoms with Crippen molar-refractivity contribution < 1.29 is 0 Å². The Morgan fingerprint density at radius 2 is 1.30 bits per heavy atom. The smallest absolute Gasteiger partial charge is 0.198 e. The summed E-state index contributed by atoms with van der Waals surface area (Å²) in [5.41, 5.74) is 3.54. The zero-order chi connectivity index (χ0) is 13.4. The fourth-order valence-corrected chi connectivity index (χ4v) is 1.86. The average Bonchev–Trinajstić information content (AvgIpc) is 2.54. The second kappa shape index (κ2) is 4.23. The summed E-state index contributed by atoms with van der Waals surface area (Å²) >= 11 is 0. The first-order chi connectivity index (χ1) is 9.90. The molecule has 0 unspecified atom stereocenters. The molecular weight excluding hydrogens is 254 g/mol. The first-order valence-corrected chi connectivity index (χ1v) is 5.92. The summed E-state index contributed by atoms with van der Waals surface area (Å²) in [6, 6.07) is 3.67. The second-order valence-electron chi connectivity index (χ2n) is 4.06. The van der Waals surface area contributed by atoms with Crippen LogP contribution < -0.4 is 0 Å². The van der Waals surface area contributed by atoms with Crippen molar-refractivity contribution in [2.24, 2.45) is 0 Å². The molecule has 0 aliphatic heterocycles. The summed E-state index contributed by atoms with van der Waals surface area (Å²) in [6.45, 7) is 0. The lowest BCUT2D eigenvalue weighted by Crippen LogP contribution is -1.96. The van der Waals surface area contributed by atoms with Crippen molar-refractivity contribution in [2.75, 3.05) is 0 Å². The minimum absolute atomic E-state index is 0.484. The summed E-state index contributed by atoms with van der Waals surface area (Å²) < 4.78 is 0. The van der Waals surface area contributed by atoms with E-state index >= 15 is 0 Å². The monoisotopic (exact) mass is 261 g/mol. The van der Waals surface area contributed by atoms with Crippen molar-refractivity contribution in [2.45, 2.75) is 0 Å². The van der Waals surface area contributed by atoms with E-state index in [1.54, 1.807) is 31.0 Å². The van der Waals surface area contributed by atoms with Crippen molar-refractivity contribution in [1.82, 2.24) is 34.9 Å². The molecule has 0 fully saturated rings. The van der Waals surface area contributed by atoms with Crippen LogP contribution in [-0.2, 0) is 0 Å². The molecule has 0 bridgehead atoms. The number of nitrogens with zero attached hydrogens (tertiary/aromatic N) is 7. The quantitative estimate of drug-likeness (QED) is 0.511. The minimum Gasteiger partial charge on any atom is -0.241 e. The number of aromatic nitrogens is 7. The Morgan fingerprint density at radius 1 is 0.600 bits per heavy atom. The van der Waals surface area contributed by atoms with E-state index in [9.17, 15) is 0 Å². The Bertz CT molecular complexity index is 845. The molecule has 0 aliphatic rings. The highest BCUT2D eigenvalue weighted by Crippen LogP contribution is 2.16. The maximum absolute atomic E-state index is 4.48. The highest BCUT2D eigenvalue weighted by Gasteiger charge is 2.07. The predicted molar refractivity (Wildman–Crippen MR) is 71.5 cm³/mol. The first-order valence-electron chi connectivity index (χ1n) is 5.92. The molecule has 0 spiro atoms. The molecule has 0 saturated carbocycles. The average molecular weight is 261 g/mol. The van der Waals surface area contributed by atoms with Crippen LogP contribution in [0.15, 0.2) is 43.1 Å². The number of fused-ring (bicyclic) bond motifs is 2. The van der Waals surface area contributed by atoms with Gasteiger partial charge in [0, 0.05) is 18.6 Å². The van der Waals surface area contributed by atoms with Gasteiger partial charge in [-0.2, -0.15) is 0 Å². The lowest BCUT2D eigenvalue weighted by atomic mass is 10.3. The van der Waals surface area contributed by atoms with E-state index < -0.39 is 0 Å². The third-order valence-electron chi connectivity index (χ3n) is 2.77. The molecule has 4 heterocycles. The van der Waals surface area contributed by atoms with E-state index in [1.807, 2.05) is 12.1 Å². The predicted octanol–water partition coefficient (Wildman–Crippen LogP) is 1.42. The van der Waals surface area contributed by atoms with Crippen LogP contribution in [0, 0.1) is 0 Å². The molecule has 0 aromatic carbocycles. The Hall–Kier alpha value is -3.09. The van der Waals surface area contributed by atoms with E-state index in [2.05, 4.69) is 34.9 Å². The Morgan fingerprint density at radius 3 is 2.20 bits per heavy atom. The van der Waals surface area contributed by atoms with Crippen LogP contribution in [0.5, 0.6) is 0 Å². The van der Waals surface area contributed by atoms with Crippen LogP contribution in [-0.4, -0.2) is 34.9 Å². The molecular formula is C13H7N7. The third kappa shape index (κ3) is 1.72. The largest absolute Gasteiger partial charge is 0.241 e. The topological polar surface area (TPSA) is 90.2 Å². The van der Waals surface area contributed by atoms with Gasteiger partial charge in [0.05, 0.1) is 12.4 Å². The second-order valence-corrected chi connectivity index (χ2v) is 4.06.